The number of carbonyl (C=O) groups excluding carboxylic acids is 1. The average Bonchev–Trinajstić information content (AvgIpc) is 2.90. The standard InChI is InChI=1S/C18H13BrN2O2/c1-11-15-8-14(19)6-7-16(15)23-17(11)18(22)21-10-13-4-2-12(9-20)3-5-13/h2-8H,10H2,1H3,(H,21,22). The van der Waals surface area contributed by atoms with Gasteiger partial charge in [0.2, 0.25) is 0 Å². The Morgan fingerprint density at radius 3 is 2.70 bits per heavy atom. The maximum atomic E-state index is 12.3. The average molecular weight is 369 g/mol. The van der Waals surface area contributed by atoms with Crippen molar-refractivity contribution in [2.45, 2.75) is 13.5 Å². The molecule has 0 aliphatic heterocycles. The lowest BCUT2D eigenvalue weighted by Gasteiger charge is -2.04. The van der Waals surface area contributed by atoms with E-state index in [0.29, 0.717) is 23.5 Å². The van der Waals surface area contributed by atoms with Gasteiger partial charge in [0.1, 0.15) is 5.58 Å². The number of amides is 1. The minimum Gasteiger partial charge on any atom is -0.451 e. The first-order valence-corrected chi connectivity index (χ1v) is 7.83. The molecule has 0 aliphatic carbocycles. The van der Waals surface area contributed by atoms with Crippen molar-refractivity contribution in [2.75, 3.05) is 0 Å². The van der Waals surface area contributed by atoms with Gasteiger partial charge in [-0.25, -0.2) is 0 Å². The zero-order valence-electron chi connectivity index (χ0n) is 12.4. The summed E-state index contributed by atoms with van der Waals surface area (Å²) in [6.07, 6.45) is 0. The van der Waals surface area contributed by atoms with Gasteiger partial charge in [0, 0.05) is 22.0 Å². The molecule has 0 unspecified atom stereocenters. The topological polar surface area (TPSA) is 66.0 Å². The van der Waals surface area contributed by atoms with Crippen molar-refractivity contribution in [1.29, 1.82) is 5.26 Å². The fraction of sp³-hybridized carbons (Fsp3) is 0.111. The Balaban J connectivity index is 1.78. The Labute approximate surface area is 141 Å². The van der Waals surface area contributed by atoms with Crippen molar-refractivity contribution in [3.8, 4) is 6.07 Å². The maximum absolute atomic E-state index is 12.3. The van der Waals surface area contributed by atoms with E-state index >= 15 is 0 Å². The summed E-state index contributed by atoms with van der Waals surface area (Å²) in [6, 6.07) is 14.8. The van der Waals surface area contributed by atoms with E-state index in [1.165, 1.54) is 0 Å². The zero-order chi connectivity index (χ0) is 16.4. The third-order valence-corrected chi connectivity index (χ3v) is 4.13. The molecule has 4 nitrogen and oxygen atoms in total. The van der Waals surface area contributed by atoms with E-state index in [4.69, 9.17) is 9.68 Å². The number of halogens is 1. The van der Waals surface area contributed by atoms with E-state index in [-0.39, 0.29) is 5.91 Å². The number of carbonyl (C=O) groups is 1. The highest BCUT2D eigenvalue weighted by molar-refractivity contribution is 9.10. The molecule has 0 radical (unpaired) electrons. The Bertz CT molecular complexity index is 921. The van der Waals surface area contributed by atoms with Crippen LogP contribution in [0.25, 0.3) is 11.0 Å². The van der Waals surface area contributed by atoms with Crippen molar-refractivity contribution in [3.05, 3.63) is 69.4 Å². The van der Waals surface area contributed by atoms with Crippen LogP contribution < -0.4 is 5.32 Å². The lowest BCUT2D eigenvalue weighted by Crippen LogP contribution is -2.22. The highest BCUT2D eigenvalue weighted by Gasteiger charge is 2.17. The Hall–Kier alpha value is -2.58. The predicted octanol–water partition coefficient (Wildman–Crippen LogP) is 4.31. The van der Waals surface area contributed by atoms with E-state index < -0.39 is 0 Å². The smallest absolute Gasteiger partial charge is 0.287 e. The number of furan rings is 1. The summed E-state index contributed by atoms with van der Waals surface area (Å²) in [6.45, 7) is 2.25. The van der Waals surface area contributed by atoms with Gasteiger partial charge in [-0.3, -0.25) is 4.79 Å². The van der Waals surface area contributed by atoms with Crippen LogP contribution in [0.5, 0.6) is 0 Å². The number of fused-ring (bicyclic) bond motifs is 1. The number of nitriles is 1. The van der Waals surface area contributed by atoms with Gasteiger partial charge in [-0.1, -0.05) is 28.1 Å². The van der Waals surface area contributed by atoms with E-state index in [1.807, 2.05) is 37.3 Å². The minimum absolute atomic E-state index is 0.251. The van der Waals surface area contributed by atoms with Gasteiger partial charge in [-0.15, -0.1) is 0 Å². The number of hydrogen-bond acceptors (Lipinski definition) is 3. The molecule has 0 saturated heterocycles. The number of benzene rings is 2. The molecule has 23 heavy (non-hydrogen) atoms. The Morgan fingerprint density at radius 1 is 1.26 bits per heavy atom. The largest absolute Gasteiger partial charge is 0.451 e. The number of aryl methyl sites for hydroxylation is 1. The fourth-order valence-electron chi connectivity index (χ4n) is 2.37. The van der Waals surface area contributed by atoms with Crippen molar-refractivity contribution in [2.24, 2.45) is 0 Å². The number of hydrogen-bond donors (Lipinski definition) is 1. The molecule has 1 aromatic heterocycles. The Kier molecular flexibility index (Phi) is 4.18. The third kappa shape index (κ3) is 3.13. The second-order valence-electron chi connectivity index (χ2n) is 5.19. The quantitative estimate of drug-likeness (QED) is 0.748. The van der Waals surface area contributed by atoms with Crippen LogP contribution in [0.4, 0.5) is 0 Å². The molecule has 114 valence electrons. The maximum Gasteiger partial charge on any atom is 0.287 e. The highest BCUT2D eigenvalue weighted by Crippen LogP contribution is 2.28. The van der Waals surface area contributed by atoms with Crippen molar-refractivity contribution < 1.29 is 9.21 Å². The molecule has 0 fully saturated rings. The zero-order valence-corrected chi connectivity index (χ0v) is 14.0. The molecule has 0 spiro atoms. The number of nitrogens with zero attached hydrogens (tertiary/aromatic N) is 1. The first-order chi connectivity index (χ1) is 11.1. The highest BCUT2D eigenvalue weighted by atomic mass is 79.9. The number of rotatable bonds is 3. The number of nitrogens with one attached hydrogen (secondary N) is 1. The second kappa shape index (κ2) is 6.27. The van der Waals surface area contributed by atoms with E-state index in [0.717, 1.165) is 21.0 Å². The first-order valence-electron chi connectivity index (χ1n) is 7.04. The van der Waals surface area contributed by atoms with Gasteiger partial charge >= 0.3 is 0 Å². The van der Waals surface area contributed by atoms with Crippen LogP contribution in [-0.2, 0) is 6.54 Å². The van der Waals surface area contributed by atoms with Gasteiger partial charge in [0.25, 0.3) is 5.91 Å². The van der Waals surface area contributed by atoms with Crippen LogP contribution >= 0.6 is 15.9 Å². The summed E-state index contributed by atoms with van der Waals surface area (Å²) in [5, 5.41) is 12.5. The summed E-state index contributed by atoms with van der Waals surface area (Å²) in [7, 11) is 0. The van der Waals surface area contributed by atoms with Crippen molar-refractivity contribution in [3.63, 3.8) is 0 Å². The predicted molar refractivity (Wildman–Crippen MR) is 91.0 cm³/mol. The van der Waals surface area contributed by atoms with Crippen LogP contribution in [0.15, 0.2) is 51.4 Å². The summed E-state index contributed by atoms with van der Waals surface area (Å²) in [5.41, 5.74) is 3.03. The molecule has 0 aliphatic rings. The lowest BCUT2D eigenvalue weighted by atomic mass is 10.1. The summed E-state index contributed by atoms with van der Waals surface area (Å²) >= 11 is 3.42. The molecule has 3 aromatic rings. The van der Waals surface area contributed by atoms with Crippen LogP contribution in [-0.4, -0.2) is 5.91 Å². The van der Waals surface area contributed by atoms with Crippen molar-refractivity contribution >= 4 is 32.8 Å². The fourth-order valence-corrected chi connectivity index (χ4v) is 2.73. The van der Waals surface area contributed by atoms with Crippen LogP contribution in [0.2, 0.25) is 0 Å². The summed E-state index contributed by atoms with van der Waals surface area (Å²) in [4.78, 5) is 12.3. The molecule has 1 N–H and O–H groups in total. The van der Waals surface area contributed by atoms with Gasteiger partial charge in [0.15, 0.2) is 5.76 Å². The van der Waals surface area contributed by atoms with Gasteiger partial charge in [-0.2, -0.15) is 5.26 Å². The van der Waals surface area contributed by atoms with Crippen LogP contribution in [0, 0.1) is 18.3 Å². The Morgan fingerprint density at radius 2 is 2.00 bits per heavy atom. The molecule has 2 aromatic carbocycles. The minimum atomic E-state index is -0.251. The van der Waals surface area contributed by atoms with Gasteiger partial charge < -0.3 is 9.73 Å². The van der Waals surface area contributed by atoms with E-state index in [2.05, 4.69) is 27.3 Å². The molecule has 3 rings (SSSR count). The molecule has 0 saturated carbocycles. The van der Waals surface area contributed by atoms with E-state index in [1.54, 1.807) is 12.1 Å². The molecule has 0 atom stereocenters. The molecule has 5 heteroatoms. The van der Waals surface area contributed by atoms with Crippen molar-refractivity contribution in [1.82, 2.24) is 5.32 Å². The van der Waals surface area contributed by atoms with Crippen LogP contribution in [0.1, 0.15) is 27.2 Å². The summed E-state index contributed by atoms with van der Waals surface area (Å²) < 4.78 is 6.61. The SMILES string of the molecule is Cc1c(C(=O)NCc2ccc(C#N)cc2)oc2ccc(Br)cc12. The molecule has 1 amide bonds. The molecule has 1 heterocycles. The van der Waals surface area contributed by atoms with Gasteiger partial charge in [-0.05, 0) is 42.8 Å². The summed E-state index contributed by atoms with van der Waals surface area (Å²) in [5.74, 6) is 0.0749. The molecule has 0 bridgehead atoms. The monoisotopic (exact) mass is 368 g/mol. The molecular formula is C18H13BrN2O2. The first kappa shape index (κ1) is 15.3. The molecular weight excluding hydrogens is 356 g/mol. The second-order valence-corrected chi connectivity index (χ2v) is 6.10. The third-order valence-electron chi connectivity index (χ3n) is 3.64. The van der Waals surface area contributed by atoms with Gasteiger partial charge in [0.05, 0.1) is 11.6 Å². The van der Waals surface area contributed by atoms with E-state index in [9.17, 15) is 4.79 Å². The normalized spacial score (nSPS) is 10.5. The van der Waals surface area contributed by atoms with Crippen LogP contribution in [0.3, 0.4) is 0 Å². The lowest BCUT2D eigenvalue weighted by molar-refractivity contribution is 0.0924.